The average Bonchev–Trinajstić information content (AvgIpc) is 2.66. The Bertz CT molecular complexity index is 753. The minimum absolute atomic E-state index is 0.00539. The lowest BCUT2D eigenvalue weighted by Gasteiger charge is -2.37. The van der Waals surface area contributed by atoms with E-state index in [1.165, 1.54) is 6.08 Å². The van der Waals surface area contributed by atoms with Crippen LogP contribution in [-0.2, 0) is 19.1 Å². The van der Waals surface area contributed by atoms with Crippen molar-refractivity contribution >= 4 is 24.0 Å². The molecule has 12 heteroatoms. The Morgan fingerprint density at radius 3 is 2.15 bits per heavy atom. The van der Waals surface area contributed by atoms with E-state index in [1.54, 1.807) is 27.7 Å². The molecule has 4 amide bonds. The summed E-state index contributed by atoms with van der Waals surface area (Å²) in [5, 5.41) is 24.1. The standard InChI is InChI=1S/C21H36N4O8/c1-10(2)7-14(18(22)28)23-19(29)13-8-15(17(27)16(26)9-13)25(21(31)33-12(5)6)24-20(30)32-11(3)4/h8,10-12,14-17,26-27H,7,9H2,1-6H3,(H2,22,28)(H,23,29)(H,24,30). The summed E-state index contributed by atoms with van der Waals surface area (Å²) in [6.45, 7) is 10.1. The molecule has 6 N–H and O–H groups in total. The van der Waals surface area contributed by atoms with Gasteiger partial charge in [0.25, 0.3) is 0 Å². The number of ether oxygens (including phenoxy) is 2. The van der Waals surface area contributed by atoms with Crippen molar-refractivity contribution in [2.75, 3.05) is 0 Å². The summed E-state index contributed by atoms with van der Waals surface area (Å²) >= 11 is 0. The number of hydrogen-bond acceptors (Lipinski definition) is 8. The molecule has 0 radical (unpaired) electrons. The highest BCUT2D eigenvalue weighted by Crippen LogP contribution is 2.24. The van der Waals surface area contributed by atoms with Crippen LogP contribution >= 0.6 is 0 Å². The number of aliphatic hydroxyl groups excluding tert-OH is 2. The van der Waals surface area contributed by atoms with E-state index in [9.17, 15) is 29.4 Å². The summed E-state index contributed by atoms with van der Waals surface area (Å²) in [6, 6.07) is -2.31. The molecule has 1 rings (SSSR count). The lowest BCUT2D eigenvalue weighted by atomic mass is 9.89. The van der Waals surface area contributed by atoms with Gasteiger partial charge in [-0.3, -0.25) is 9.59 Å². The van der Waals surface area contributed by atoms with Crippen LogP contribution in [0.15, 0.2) is 11.6 Å². The maximum absolute atomic E-state index is 12.8. The molecule has 4 unspecified atom stereocenters. The molecule has 1 aliphatic rings. The lowest BCUT2D eigenvalue weighted by Crippen LogP contribution is -2.60. The number of nitrogens with one attached hydrogen (secondary N) is 2. The molecule has 0 bridgehead atoms. The number of rotatable bonds is 8. The number of carbonyl (C=O) groups is 4. The normalized spacial score (nSPS) is 21.3. The lowest BCUT2D eigenvalue weighted by molar-refractivity contribution is -0.126. The fourth-order valence-corrected chi connectivity index (χ4v) is 3.15. The summed E-state index contributed by atoms with van der Waals surface area (Å²) in [7, 11) is 0. The van der Waals surface area contributed by atoms with Gasteiger partial charge in [-0.2, -0.15) is 0 Å². The first-order valence-electron chi connectivity index (χ1n) is 10.9. The van der Waals surface area contributed by atoms with E-state index >= 15 is 0 Å². The Labute approximate surface area is 193 Å². The fraction of sp³-hybridized carbons (Fsp3) is 0.714. The number of aliphatic hydroxyl groups is 2. The average molecular weight is 473 g/mol. The van der Waals surface area contributed by atoms with Crippen molar-refractivity contribution in [3.63, 3.8) is 0 Å². The predicted octanol–water partition coefficient (Wildman–Crippen LogP) is 0.320. The monoisotopic (exact) mass is 472 g/mol. The molecule has 4 atom stereocenters. The maximum Gasteiger partial charge on any atom is 0.429 e. The summed E-state index contributed by atoms with van der Waals surface area (Å²) in [6.07, 6.45) is -4.82. The Morgan fingerprint density at radius 2 is 1.67 bits per heavy atom. The number of nitrogens with zero attached hydrogens (tertiary/aromatic N) is 1. The van der Waals surface area contributed by atoms with Crippen LogP contribution in [0.5, 0.6) is 0 Å². The summed E-state index contributed by atoms with van der Waals surface area (Å²) in [4.78, 5) is 49.3. The van der Waals surface area contributed by atoms with Gasteiger partial charge in [0.2, 0.25) is 11.8 Å². The Morgan fingerprint density at radius 1 is 1.09 bits per heavy atom. The van der Waals surface area contributed by atoms with E-state index in [1.807, 2.05) is 13.8 Å². The molecule has 188 valence electrons. The zero-order valence-corrected chi connectivity index (χ0v) is 19.9. The van der Waals surface area contributed by atoms with E-state index in [4.69, 9.17) is 15.2 Å². The Hall–Kier alpha value is -2.86. The number of primary amides is 1. The van der Waals surface area contributed by atoms with E-state index in [0.29, 0.717) is 11.4 Å². The number of amides is 4. The van der Waals surface area contributed by atoms with Crippen LogP contribution in [-0.4, -0.2) is 75.7 Å². The van der Waals surface area contributed by atoms with Crippen molar-refractivity contribution < 1.29 is 38.9 Å². The second-order valence-corrected chi connectivity index (χ2v) is 8.87. The first-order valence-corrected chi connectivity index (χ1v) is 10.9. The molecule has 0 fully saturated rings. The highest BCUT2D eigenvalue weighted by Gasteiger charge is 2.40. The zero-order valence-electron chi connectivity index (χ0n) is 19.9. The molecule has 0 spiro atoms. The SMILES string of the molecule is CC(C)CC(NC(=O)C1=CC(N(NC(=O)OC(C)C)C(=O)OC(C)C)C(O)C(O)C1)C(N)=O. The van der Waals surface area contributed by atoms with Gasteiger partial charge in [0.1, 0.15) is 18.2 Å². The third kappa shape index (κ3) is 8.89. The smallest absolute Gasteiger partial charge is 0.429 e. The van der Waals surface area contributed by atoms with Gasteiger partial charge in [0.15, 0.2) is 0 Å². The van der Waals surface area contributed by atoms with E-state index < -0.39 is 60.5 Å². The Kier molecular flexibility index (Phi) is 10.6. The molecule has 0 saturated carbocycles. The zero-order chi connectivity index (χ0) is 25.5. The second kappa shape index (κ2) is 12.4. The van der Waals surface area contributed by atoms with Crippen LogP contribution in [0.2, 0.25) is 0 Å². The Balaban J connectivity index is 3.24. The van der Waals surface area contributed by atoms with Gasteiger partial charge < -0.3 is 30.7 Å². The van der Waals surface area contributed by atoms with Gasteiger partial charge in [0.05, 0.1) is 18.3 Å². The van der Waals surface area contributed by atoms with Gasteiger partial charge in [-0.25, -0.2) is 20.0 Å². The molecule has 1 aliphatic carbocycles. The second-order valence-electron chi connectivity index (χ2n) is 8.87. The van der Waals surface area contributed by atoms with Crippen LogP contribution in [0, 0.1) is 5.92 Å². The summed E-state index contributed by atoms with van der Waals surface area (Å²) < 4.78 is 10.1. The van der Waals surface area contributed by atoms with Crippen LogP contribution in [0.1, 0.15) is 54.4 Å². The third-order valence-corrected chi connectivity index (χ3v) is 4.58. The largest absolute Gasteiger partial charge is 0.446 e. The van der Waals surface area contributed by atoms with Crippen LogP contribution < -0.4 is 16.5 Å². The summed E-state index contributed by atoms with van der Waals surface area (Å²) in [5.74, 6) is -1.34. The number of hydrogen-bond donors (Lipinski definition) is 5. The van der Waals surface area contributed by atoms with Gasteiger partial charge in [-0.05, 0) is 46.1 Å². The molecular formula is C21H36N4O8. The van der Waals surface area contributed by atoms with Gasteiger partial charge in [-0.1, -0.05) is 13.8 Å². The van der Waals surface area contributed by atoms with E-state index in [2.05, 4.69) is 10.7 Å². The highest BCUT2D eigenvalue weighted by molar-refractivity contribution is 5.97. The van der Waals surface area contributed by atoms with Crippen LogP contribution in [0.3, 0.4) is 0 Å². The first-order chi connectivity index (χ1) is 15.2. The van der Waals surface area contributed by atoms with Crippen molar-refractivity contribution in [3.8, 4) is 0 Å². The summed E-state index contributed by atoms with van der Waals surface area (Å²) in [5.41, 5.74) is 7.56. The molecule has 0 saturated heterocycles. The van der Waals surface area contributed by atoms with Crippen LogP contribution in [0.25, 0.3) is 0 Å². The highest BCUT2D eigenvalue weighted by atomic mass is 16.6. The van der Waals surface area contributed by atoms with Crippen molar-refractivity contribution in [2.24, 2.45) is 11.7 Å². The molecule has 0 aromatic rings. The quantitative estimate of drug-likeness (QED) is 0.313. The number of nitrogens with two attached hydrogens (primary N) is 1. The van der Waals surface area contributed by atoms with Crippen molar-refractivity contribution in [1.29, 1.82) is 0 Å². The van der Waals surface area contributed by atoms with Gasteiger partial charge in [-0.15, -0.1) is 0 Å². The molecule has 12 nitrogen and oxygen atoms in total. The first kappa shape index (κ1) is 28.2. The molecule has 33 heavy (non-hydrogen) atoms. The third-order valence-electron chi connectivity index (χ3n) is 4.58. The van der Waals surface area contributed by atoms with Crippen LogP contribution in [0.4, 0.5) is 9.59 Å². The molecule has 0 aromatic carbocycles. The van der Waals surface area contributed by atoms with E-state index in [-0.39, 0.29) is 17.9 Å². The molecule has 0 aliphatic heterocycles. The van der Waals surface area contributed by atoms with Crippen molar-refractivity contribution in [1.82, 2.24) is 15.8 Å². The fourth-order valence-electron chi connectivity index (χ4n) is 3.15. The van der Waals surface area contributed by atoms with Crippen molar-refractivity contribution in [3.05, 3.63) is 11.6 Å². The minimum atomic E-state index is -1.55. The van der Waals surface area contributed by atoms with Gasteiger partial charge in [0, 0.05) is 12.0 Å². The number of carbonyl (C=O) groups excluding carboxylic acids is 4. The molecule has 0 aromatic heterocycles. The predicted molar refractivity (Wildman–Crippen MR) is 117 cm³/mol. The van der Waals surface area contributed by atoms with Gasteiger partial charge >= 0.3 is 12.2 Å². The molecular weight excluding hydrogens is 436 g/mol. The number of hydrazine groups is 1. The maximum atomic E-state index is 12.8. The van der Waals surface area contributed by atoms with E-state index in [0.717, 1.165) is 0 Å². The van der Waals surface area contributed by atoms with Crippen molar-refractivity contribution in [2.45, 2.75) is 90.9 Å². The molecule has 0 heterocycles. The minimum Gasteiger partial charge on any atom is -0.446 e. The topological polar surface area (TPSA) is 181 Å².